The van der Waals surface area contributed by atoms with E-state index in [-0.39, 0.29) is 11.8 Å². The fraction of sp³-hybridized carbons (Fsp3) is 0.167. The van der Waals surface area contributed by atoms with Gasteiger partial charge in [-0.1, -0.05) is 30.3 Å². The van der Waals surface area contributed by atoms with Gasteiger partial charge < -0.3 is 5.73 Å². The first kappa shape index (κ1) is 21.0. The minimum atomic E-state index is -0.338. The molecule has 4 aromatic rings. The van der Waals surface area contributed by atoms with Gasteiger partial charge in [-0.3, -0.25) is 24.2 Å². The van der Waals surface area contributed by atoms with E-state index in [0.29, 0.717) is 30.8 Å². The molecule has 2 amide bonds. The van der Waals surface area contributed by atoms with Crippen LogP contribution in [-0.2, 0) is 18.3 Å². The molecular formula is C24H24N6O2. The van der Waals surface area contributed by atoms with E-state index in [9.17, 15) is 9.59 Å². The highest BCUT2D eigenvalue weighted by Crippen LogP contribution is 2.22. The second-order valence-electron chi connectivity index (χ2n) is 7.52. The van der Waals surface area contributed by atoms with E-state index in [4.69, 9.17) is 5.73 Å². The summed E-state index contributed by atoms with van der Waals surface area (Å²) in [7, 11) is 1.85. The maximum atomic E-state index is 13.1. The molecule has 0 radical (unpaired) electrons. The number of carbonyl (C=O) groups is 2. The van der Waals surface area contributed by atoms with E-state index >= 15 is 0 Å². The van der Waals surface area contributed by atoms with Gasteiger partial charge in [0, 0.05) is 42.7 Å². The summed E-state index contributed by atoms with van der Waals surface area (Å²) in [6, 6.07) is 17.0. The number of benzene rings is 2. The Kier molecular flexibility index (Phi) is 6.12. The average Bonchev–Trinajstić information content (AvgIpc) is 3.40. The first-order valence-electron chi connectivity index (χ1n) is 10.3. The summed E-state index contributed by atoms with van der Waals surface area (Å²) < 4.78 is 3.56. The molecule has 0 aliphatic rings. The van der Waals surface area contributed by atoms with Crippen LogP contribution in [-0.4, -0.2) is 31.1 Å². The molecule has 0 fully saturated rings. The van der Waals surface area contributed by atoms with E-state index in [1.165, 1.54) is 0 Å². The maximum Gasteiger partial charge on any atom is 0.258 e. The zero-order chi connectivity index (χ0) is 22.5. The molecule has 2 heterocycles. The van der Waals surface area contributed by atoms with Crippen LogP contribution in [0, 0.1) is 0 Å². The van der Waals surface area contributed by atoms with Crippen molar-refractivity contribution in [3.63, 3.8) is 0 Å². The molecule has 0 bridgehead atoms. The summed E-state index contributed by atoms with van der Waals surface area (Å²) in [6.07, 6.45) is 7.01. The topological polar surface area (TPSA) is 108 Å². The fourth-order valence-electron chi connectivity index (χ4n) is 3.45. The number of para-hydroxylation sites is 1. The van der Waals surface area contributed by atoms with Crippen molar-refractivity contribution in [2.24, 2.45) is 12.8 Å². The molecule has 32 heavy (non-hydrogen) atoms. The molecule has 0 spiro atoms. The summed E-state index contributed by atoms with van der Waals surface area (Å²) in [5.41, 5.74) is 9.25. The molecule has 0 saturated heterocycles. The Bertz CT molecular complexity index is 1240. The number of nitrogens with one attached hydrogen (secondary N) is 1. The standard InChI is InChI=1S/C24H24N6O2/c1-29-15-19(14-26-29)17-7-5-8-18(13-17)23(32)28-24-27-20(9-6-12-22(25)31)16-30(24)21-10-3-2-4-11-21/h2-5,7-8,10-11,13-16H,6,9,12H2,1H3,(H2,25,31)(H,27,28,32). The molecule has 2 aromatic heterocycles. The lowest BCUT2D eigenvalue weighted by Crippen LogP contribution is -2.15. The Labute approximate surface area is 185 Å². The van der Waals surface area contributed by atoms with Gasteiger partial charge in [-0.2, -0.15) is 5.10 Å². The number of imidazole rings is 1. The van der Waals surface area contributed by atoms with Gasteiger partial charge in [0.25, 0.3) is 5.91 Å². The summed E-state index contributed by atoms with van der Waals surface area (Å²) >= 11 is 0. The molecule has 0 unspecified atom stereocenters. The molecule has 8 heteroatoms. The second-order valence-corrected chi connectivity index (χ2v) is 7.52. The van der Waals surface area contributed by atoms with Gasteiger partial charge in [0.15, 0.2) is 0 Å². The monoisotopic (exact) mass is 428 g/mol. The number of hydrogen-bond acceptors (Lipinski definition) is 4. The Morgan fingerprint density at radius 2 is 1.84 bits per heavy atom. The lowest BCUT2D eigenvalue weighted by Gasteiger charge is -2.09. The molecule has 3 N–H and O–H groups in total. The van der Waals surface area contributed by atoms with Crippen LogP contribution in [0.5, 0.6) is 0 Å². The summed E-state index contributed by atoms with van der Waals surface area (Å²) in [6.45, 7) is 0. The highest BCUT2D eigenvalue weighted by Gasteiger charge is 2.15. The van der Waals surface area contributed by atoms with E-state index in [2.05, 4.69) is 15.4 Å². The van der Waals surface area contributed by atoms with E-state index in [1.807, 2.05) is 72.5 Å². The predicted octanol–water partition coefficient (Wildman–Crippen LogP) is 3.33. The first-order valence-corrected chi connectivity index (χ1v) is 10.3. The van der Waals surface area contributed by atoms with Crippen LogP contribution < -0.4 is 11.1 Å². The SMILES string of the molecule is Cn1cc(-c2cccc(C(=O)Nc3nc(CCCC(N)=O)cn3-c3ccccc3)c2)cn1. The third-order valence-electron chi connectivity index (χ3n) is 5.03. The van der Waals surface area contributed by atoms with Gasteiger partial charge in [-0.15, -0.1) is 0 Å². The minimum absolute atomic E-state index is 0.262. The number of amides is 2. The molecule has 8 nitrogen and oxygen atoms in total. The molecule has 0 saturated carbocycles. The second kappa shape index (κ2) is 9.30. The predicted molar refractivity (Wildman–Crippen MR) is 122 cm³/mol. The van der Waals surface area contributed by atoms with Gasteiger partial charge >= 0.3 is 0 Å². The largest absolute Gasteiger partial charge is 0.370 e. The number of anilines is 1. The van der Waals surface area contributed by atoms with Gasteiger partial charge in [-0.05, 0) is 42.7 Å². The summed E-state index contributed by atoms with van der Waals surface area (Å²) in [5, 5.41) is 7.12. The Morgan fingerprint density at radius 1 is 1.03 bits per heavy atom. The molecular weight excluding hydrogens is 404 g/mol. The van der Waals surface area contributed by atoms with Crippen LogP contribution >= 0.6 is 0 Å². The Hall–Kier alpha value is -4.20. The fourth-order valence-corrected chi connectivity index (χ4v) is 3.45. The van der Waals surface area contributed by atoms with Gasteiger partial charge in [-0.25, -0.2) is 4.98 Å². The molecule has 0 aliphatic carbocycles. The van der Waals surface area contributed by atoms with Gasteiger partial charge in [0.1, 0.15) is 0 Å². The summed E-state index contributed by atoms with van der Waals surface area (Å²) in [4.78, 5) is 28.7. The average molecular weight is 428 g/mol. The number of aryl methyl sites for hydroxylation is 2. The van der Waals surface area contributed by atoms with Crippen LogP contribution in [0.4, 0.5) is 5.95 Å². The molecule has 0 aliphatic heterocycles. The zero-order valence-electron chi connectivity index (χ0n) is 17.7. The minimum Gasteiger partial charge on any atom is -0.370 e. The quantitative estimate of drug-likeness (QED) is 0.449. The van der Waals surface area contributed by atoms with E-state index in [0.717, 1.165) is 22.5 Å². The number of nitrogens with two attached hydrogens (primary N) is 1. The van der Waals surface area contributed by atoms with Crippen LogP contribution in [0.1, 0.15) is 28.9 Å². The number of nitrogens with zero attached hydrogens (tertiary/aromatic N) is 4. The Balaban J connectivity index is 1.59. The van der Waals surface area contributed by atoms with Crippen molar-refractivity contribution >= 4 is 17.8 Å². The van der Waals surface area contributed by atoms with Crippen LogP contribution in [0.25, 0.3) is 16.8 Å². The number of hydrogen-bond donors (Lipinski definition) is 2. The molecule has 162 valence electrons. The number of carbonyl (C=O) groups excluding carboxylic acids is 2. The number of rotatable bonds is 8. The first-order chi connectivity index (χ1) is 15.5. The van der Waals surface area contributed by atoms with E-state index < -0.39 is 0 Å². The van der Waals surface area contributed by atoms with Gasteiger partial charge in [0.2, 0.25) is 11.9 Å². The third kappa shape index (κ3) is 4.92. The van der Waals surface area contributed by atoms with Crippen molar-refractivity contribution in [3.8, 4) is 16.8 Å². The highest BCUT2D eigenvalue weighted by molar-refractivity contribution is 6.04. The van der Waals surface area contributed by atoms with Crippen LogP contribution in [0.2, 0.25) is 0 Å². The van der Waals surface area contributed by atoms with Crippen LogP contribution in [0.3, 0.4) is 0 Å². The third-order valence-corrected chi connectivity index (χ3v) is 5.03. The summed E-state index contributed by atoms with van der Waals surface area (Å²) in [5.74, 6) is -0.182. The maximum absolute atomic E-state index is 13.1. The number of primary amides is 1. The van der Waals surface area contributed by atoms with Crippen molar-refractivity contribution in [3.05, 3.63) is 84.4 Å². The molecule has 4 rings (SSSR count). The van der Waals surface area contributed by atoms with E-state index in [1.54, 1.807) is 16.9 Å². The number of aromatic nitrogens is 4. The molecule has 2 aromatic carbocycles. The van der Waals surface area contributed by atoms with Crippen molar-refractivity contribution in [1.29, 1.82) is 0 Å². The lowest BCUT2D eigenvalue weighted by atomic mass is 10.1. The van der Waals surface area contributed by atoms with Crippen molar-refractivity contribution in [1.82, 2.24) is 19.3 Å². The van der Waals surface area contributed by atoms with Crippen LogP contribution in [0.15, 0.2) is 73.2 Å². The molecule has 0 atom stereocenters. The smallest absolute Gasteiger partial charge is 0.258 e. The zero-order valence-corrected chi connectivity index (χ0v) is 17.7. The normalized spacial score (nSPS) is 10.8. The van der Waals surface area contributed by atoms with Crippen molar-refractivity contribution in [2.75, 3.05) is 5.32 Å². The van der Waals surface area contributed by atoms with Crippen molar-refractivity contribution in [2.45, 2.75) is 19.3 Å². The highest BCUT2D eigenvalue weighted by atomic mass is 16.2. The van der Waals surface area contributed by atoms with Crippen molar-refractivity contribution < 1.29 is 9.59 Å². The lowest BCUT2D eigenvalue weighted by molar-refractivity contribution is -0.118. The Morgan fingerprint density at radius 3 is 2.56 bits per heavy atom. The van der Waals surface area contributed by atoms with Gasteiger partial charge in [0.05, 0.1) is 11.9 Å².